The molecule has 31 heavy (non-hydrogen) atoms. The molecule has 0 atom stereocenters. The summed E-state index contributed by atoms with van der Waals surface area (Å²) in [5.74, 6) is -0.492. The number of carbonyl (C=O) groups is 3. The highest BCUT2D eigenvalue weighted by Gasteiger charge is 2.30. The minimum absolute atomic E-state index is 0.0894. The molecule has 1 heterocycles. The van der Waals surface area contributed by atoms with Crippen molar-refractivity contribution in [2.45, 2.75) is 32.2 Å². The second kappa shape index (κ2) is 9.58. The molecule has 1 aliphatic heterocycles. The Morgan fingerprint density at radius 2 is 1.58 bits per heavy atom. The van der Waals surface area contributed by atoms with Gasteiger partial charge in [-0.2, -0.15) is 0 Å². The molecule has 0 bridgehead atoms. The number of halogens is 1. The summed E-state index contributed by atoms with van der Waals surface area (Å²) in [6.45, 7) is 3.61. The van der Waals surface area contributed by atoms with Crippen LogP contribution in [0.4, 0.5) is 0 Å². The SMILES string of the molecule is O=C(CCCN1CCCC1)c1ccc(CNC2=C(Cl)C(=O)c3ccccc3C2=O)cc1. The molecule has 1 N–H and O–H groups in total. The molecule has 6 heteroatoms. The van der Waals surface area contributed by atoms with Crippen LogP contribution in [0.15, 0.2) is 59.3 Å². The number of ketones is 3. The minimum atomic E-state index is -0.353. The fourth-order valence-corrected chi connectivity index (χ4v) is 4.37. The zero-order valence-electron chi connectivity index (χ0n) is 17.3. The number of Topliss-reactive ketones (excluding diaryl/α,β-unsaturated/α-hetero) is 3. The van der Waals surface area contributed by atoms with Gasteiger partial charge in [-0.25, -0.2) is 0 Å². The highest BCUT2D eigenvalue weighted by molar-refractivity contribution is 6.49. The van der Waals surface area contributed by atoms with Crippen molar-refractivity contribution in [1.82, 2.24) is 10.2 Å². The van der Waals surface area contributed by atoms with Gasteiger partial charge in [-0.1, -0.05) is 60.1 Å². The lowest BCUT2D eigenvalue weighted by Gasteiger charge is -2.19. The molecule has 1 saturated heterocycles. The van der Waals surface area contributed by atoms with Gasteiger partial charge < -0.3 is 10.2 Å². The van der Waals surface area contributed by atoms with E-state index >= 15 is 0 Å². The maximum Gasteiger partial charge on any atom is 0.211 e. The van der Waals surface area contributed by atoms with E-state index in [4.69, 9.17) is 11.6 Å². The van der Waals surface area contributed by atoms with E-state index in [2.05, 4.69) is 10.2 Å². The standard InChI is InChI=1S/C25H25ClN2O3/c26-22-23(25(31)20-7-2-1-6-19(20)24(22)30)27-16-17-9-11-18(12-10-17)21(29)8-5-15-28-13-3-4-14-28/h1-2,6-7,9-12,27H,3-5,8,13-16H2. The van der Waals surface area contributed by atoms with Crippen molar-refractivity contribution in [2.75, 3.05) is 19.6 Å². The summed E-state index contributed by atoms with van der Waals surface area (Å²) in [5, 5.41) is 2.92. The van der Waals surface area contributed by atoms with Crippen LogP contribution < -0.4 is 5.32 Å². The summed E-state index contributed by atoms with van der Waals surface area (Å²) in [6, 6.07) is 14.0. The minimum Gasteiger partial charge on any atom is -0.376 e. The molecule has 0 aromatic heterocycles. The van der Waals surface area contributed by atoms with Crippen LogP contribution in [0, 0.1) is 0 Å². The normalized spacial score (nSPS) is 16.5. The van der Waals surface area contributed by atoms with E-state index in [-0.39, 0.29) is 28.1 Å². The predicted molar refractivity (Wildman–Crippen MR) is 121 cm³/mol. The van der Waals surface area contributed by atoms with E-state index in [0.29, 0.717) is 29.7 Å². The summed E-state index contributed by atoms with van der Waals surface area (Å²) in [6.07, 6.45) is 3.95. The Kier molecular flexibility index (Phi) is 6.64. The number of nitrogens with one attached hydrogen (secondary N) is 1. The Bertz CT molecular complexity index is 1040. The summed E-state index contributed by atoms with van der Waals surface area (Å²) < 4.78 is 0. The van der Waals surface area contributed by atoms with E-state index in [9.17, 15) is 14.4 Å². The summed E-state index contributed by atoms with van der Waals surface area (Å²) in [4.78, 5) is 40.0. The highest BCUT2D eigenvalue weighted by Crippen LogP contribution is 2.27. The van der Waals surface area contributed by atoms with E-state index in [1.165, 1.54) is 12.8 Å². The number of nitrogens with zero attached hydrogens (tertiary/aromatic N) is 1. The Morgan fingerprint density at radius 3 is 2.26 bits per heavy atom. The van der Waals surface area contributed by atoms with Gasteiger partial charge >= 0.3 is 0 Å². The first kappa shape index (κ1) is 21.5. The maximum absolute atomic E-state index is 12.7. The van der Waals surface area contributed by atoms with Crippen molar-refractivity contribution in [3.8, 4) is 0 Å². The molecule has 0 saturated carbocycles. The van der Waals surface area contributed by atoms with Gasteiger partial charge in [-0.05, 0) is 44.5 Å². The molecule has 0 spiro atoms. The van der Waals surface area contributed by atoms with Crippen molar-refractivity contribution in [3.63, 3.8) is 0 Å². The molecule has 2 aliphatic rings. The van der Waals surface area contributed by atoms with Crippen LogP contribution in [-0.2, 0) is 6.54 Å². The maximum atomic E-state index is 12.7. The van der Waals surface area contributed by atoms with Crippen LogP contribution in [0.1, 0.15) is 62.3 Å². The van der Waals surface area contributed by atoms with Gasteiger partial charge in [0.25, 0.3) is 0 Å². The fraction of sp³-hybridized carbons (Fsp3) is 0.320. The van der Waals surface area contributed by atoms with Gasteiger partial charge in [0.05, 0.1) is 0 Å². The van der Waals surface area contributed by atoms with E-state index in [1.54, 1.807) is 24.3 Å². The molecule has 0 radical (unpaired) electrons. The zero-order valence-corrected chi connectivity index (χ0v) is 18.1. The Hall–Kier alpha value is -2.76. The average molecular weight is 437 g/mol. The first-order valence-corrected chi connectivity index (χ1v) is 11.1. The topological polar surface area (TPSA) is 66.5 Å². The second-order valence-corrected chi connectivity index (χ2v) is 8.40. The quantitative estimate of drug-likeness (QED) is 0.622. The largest absolute Gasteiger partial charge is 0.376 e. The molecule has 0 unspecified atom stereocenters. The predicted octanol–water partition coefficient (Wildman–Crippen LogP) is 4.36. The Balaban J connectivity index is 1.34. The fourth-order valence-electron chi connectivity index (χ4n) is 4.12. The third-order valence-electron chi connectivity index (χ3n) is 5.88. The van der Waals surface area contributed by atoms with Crippen molar-refractivity contribution in [1.29, 1.82) is 0 Å². The average Bonchev–Trinajstić information content (AvgIpc) is 3.31. The number of hydrogen-bond acceptors (Lipinski definition) is 5. The molecule has 5 nitrogen and oxygen atoms in total. The number of benzene rings is 2. The van der Waals surface area contributed by atoms with Gasteiger partial charge in [0, 0.05) is 29.7 Å². The van der Waals surface area contributed by atoms with Crippen LogP contribution in [0.5, 0.6) is 0 Å². The lowest BCUT2D eigenvalue weighted by atomic mass is 9.92. The van der Waals surface area contributed by atoms with E-state index in [1.807, 2.05) is 24.3 Å². The third-order valence-corrected chi connectivity index (χ3v) is 6.24. The zero-order chi connectivity index (χ0) is 21.8. The molecule has 1 aliphatic carbocycles. The van der Waals surface area contributed by atoms with Crippen molar-refractivity contribution in [2.24, 2.45) is 0 Å². The van der Waals surface area contributed by atoms with E-state index < -0.39 is 0 Å². The summed E-state index contributed by atoms with van der Waals surface area (Å²) >= 11 is 6.18. The van der Waals surface area contributed by atoms with Gasteiger partial charge in [-0.15, -0.1) is 0 Å². The van der Waals surface area contributed by atoms with Gasteiger partial charge in [0.2, 0.25) is 11.6 Å². The smallest absolute Gasteiger partial charge is 0.211 e. The molecule has 4 rings (SSSR count). The lowest BCUT2D eigenvalue weighted by Crippen LogP contribution is -2.28. The van der Waals surface area contributed by atoms with Crippen molar-refractivity contribution < 1.29 is 14.4 Å². The number of fused-ring (bicyclic) bond motifs is 1. The van der Waals surface area contributed by atoms with Crippen LogP contribution in [0.3, 0.4) is 0 Å². The monoisotopic (exact) mass is 436 g/mol. The number of likely N-dealkylation sites (tertiary alicyclic amines) is 1. The summed E-state index contributed by atoms with van der Waals surface area (Å²) in [5.41, 5.74) is 2.39. The number of hydrogen-bond donors (Lipinski definition) is 1. The Labute approximate surface area is 187 Å². The third kappa shape index (κ3) is 4.78. The van der Waals surface area contributed by atoms with Crippen molar-refractivity contribution >= 4 is 29.0 Å². The second-order valence-electron chi connectivity index (χ2n) is 8.02. The Morgan fingerprint density at radius 1 is 0.935 bits per heavy atom. The molecule has 0 amide bonds. The molecular weight excluding hydrogens is 412 g/mol. The van der Waals surface area contributed by atoms with Gasteiger partial charge in [0.1, 0.15) is 10.7 Å². The summed E-state index contributed by atoms with van der Waals surface area (Å²) in [7, 11) is 0. The van der Waals surface area contributed by atoms with Crippen LogP contribution in [-0.4, -0.2) is 41.9 Å². The molecule has 2 aromatic rings. The number of rotatable bonds is 8. The van der Waals surface area contributed by atoms with E-state index in [0.717, 1.165) is 31.6 Å². The number of allylic oxidation sites excluding steroid dienone is 2. The molecule has 1 fully saturated rings. The van der Waals surface area contributed by atoms with Crippen molar-refractivity contribution in [3.05, 3.63) is 81.5 Å². The van der Waals surface area contributed by atoms with Crippen LogP contribution >= 0.6 is 11.6 Å². The highest BCUT2D eigenvalue weighted by atomic mass is 35.5. The molecule has 160 valence electrons. The van der Waals surface area contributed by atoms with Crippen LogP contribution in [0.2, 0.25) is 0 Å². The number of carbonyl (C=O) groups excluding carboxylic acids is 3. The first-order valence-electron chi connectivity index (χ1n) is 10.7. The van der Waals surface area contributed by atoms with Gasteiger partial charge in [-0.3, -0.25) is 14.4 Å². The molecular formula is C25H25ClN2O3. The molecule has 2 aromatic carbocycles. The first-order chi connectivity index (χ1) is 15.0. The van der Waals surface area contributed by atoms with Crippen LogP contribution in [0.25, 0.3) is 0 Å². The van der Waals surface area contributed by atoms with Gasteiger partial charge in [0.15, 0.2) is 5.78 Å². The lowest BCUT2D eigenvalue weighted by molar-refractivity contribution is 0.0974.